The highest BCUT2D eigenvalue weighted by atomic mass is 16.4. The van der Waals surface area contributed by atoms with Gasteiger partial charge in [-0.25, -0.2) is 0 Å². The van der Waals surface area contributed by atoms with Gasteiger partial charge in [-0.05, 0) is 24.3 Å². The number of hydrogen-bond acceptors (Lipinski definition) is 2. The van der Waals surface area contributed by atoms with E-state index in [-0.39, 0.29) is 0 Å². The van der Waals surface area contributed by atoms with Crippen molar-refractivity contribution in [3.05, 3.63) is 30.1 Å². The van der Waals surface area contributed by atoms with E-state index in [9.17, 15) is 9.90 Å². The van der Waals surface area contributed by atoms with Crippen molar-refractivity contribution in [2.24, 2.45) is 0 Å². The molecule has 0 spiro atoms. The van der Waals surface area contributed by atoms with E-state index in [1.54, 1.807) is 11.0 Å². The van der Waals surface area contributed by atoms with Gasteiger partial charge in [-0.1, -0.05) is 0 Å². The van der Waals surface area contributed by atoms with Crippen LogP contribution in [0.1, 0.15) is 18.5 Å². The normalized spacial score (nSPS) is 16.9. The third-order valence-electron chi connectivity index (χ3n) is 3.27. The summed E-state index contributed by atoms with van der Waals surface area (Å²) in [4.78, 5) is 12.0. The highest BCUT2D eigenvalue weighted by Crippen LogP contribution is 2.04. The monoisotopic (exact) mass is 234 g/mol. The van der Waals surface area contributed by atoms with E-state index in [4.69, 9.17) is 0 Å². The first-order valence-electron chi connectivity index (χ1n) is 6.13. The van der Waals surface area contributed by atoms with Crippen LogP contribution in [-0.4, -0.2) is 30.2 Å². The molecule has 1 aromatic rings. The van der Waals surface area contributed by atoms with Gasteiger partial charge in [0, 0.05) is 24.7 Å². The van der Waals surface area contributed by atoms with Gasteiger partial charge in [-0.3, -0.25) is 0 Å². The zero-order valence-electron chi connectivity index (χ0n) is 9.89. The van der Waals surface area contributed by atoms with E-state index in [0.29, 0.717) is 0 Å². The molecule has 0 atom stereocenters. The number of carbonyl (C=O) groups excluding carboxylic acids is 1. The van der Waals surface area contributed by atoms with E-state index >= 15 is 0 Å². The van der Waals surface area contributed by atoms with Crippen molar-refractivity contribution in [3.8, 4) is 0 Å². The van der Waals surface area contributed by atoms with Crippen LogP contribution >= 0.6 is 0 Å². The van der Waals surface area contributed by atoms with Gasteiger partial charge in [0.05, 0.1) is 32.1 Å². The maximum atomic E-state index is 10.4. The van der Waals surface area contributed by atoms with E-state index in [1.165, 1.54) is 25.9 Å². The van der Waals surface area contributed by atoms with Crippen LogP contribution in [-0.2, 0) is 11.3 Å². The molecule has 2 heterocycles. The summed E-state index contributed by atoms with van der Waals surface area (Å²) in [5.74, 6) is -1.15. The van der Waals surface area contributed by atoms with Crippen LogP contribution in [0.5, 0.6) is 0 Å². The minimum absolute atomic E-state index is 0.924. The molecule has 1 N–H and O–H groups in total. The molecule has 0 aliphatic carbocycles. The minimum Gasteiger partial charge on any atom is -0.545 e. The van der Waals surface area contributed by atoms with Gasteiger partial charge in [0.2, 0.25) is 0 Å². The van der Waals surface area contributed by atoms with Gasteiger partial charge >= 0.3 is 0 Å². The SMILES string of the molecule is O=C([O-])/C=C/c1cccn1CC[NH+]1CCCC1. The second-order valence-electron chi connectivity index (χ2n) is 4.49. The molecule has 1 aliphatic heterocycles. The molecule has 0 amide bonds. The third-order valence-corrected chi connectivity index (χ3v) is 3.27. The smallest absolute Gasteiger partial charge is 0.0953 e. The predicted molar refractivity (Wildman–Crippen MR) is 63.3 cm³/mol. The van der Waals surface area contributed by atoms with Crippen LogP contribution in [0.4, 0.5) is 0 Å². The largest absolute Gasteiger partial charge is 0.545 e. The highest BCUT2D eigenvalue weighted by molar-refractivity contribution is 5.83. The van der Waals surface area contributed by atoms with Gasteiger partial charge < -0.3 is 19.4 Å². The van der Waals surface area contributed by atoms with Crippen LogP contribution in [0.15, 0.2) is 24.4 Å². The van der Waals surface area contributed by atoms with Crippen LogP contribution in [0, 0.1) is 0 Å². The third kappa shape index (κ3) is 3.46. The first kappa shape index (κ1) is 11.9. The Hall–Kier alpha value is -1.55. The lowest BCUT2D eigenvalue weighted by molar-refractivity contribution is -0.888. The van der Waals surface area contributed by atoms with Crippen LogP contribution in [0.2, 0.25) is 0 Å². The Morgan fingerprint density at radius 3 is 2.94 bits per heavy atom. The molecule has 92 valence electrons. The van der Waals surface area contributed by atoms with Gasteiger partial charge in [-0.2, -0.15) is 0 Å². The number of aromatic nitrogens is 1. The first-order valence-corrected chi connectivity index (χ1v) is 6.13. The van der Waals surface area contributed by atoms with Gasteiger partial charge in [0.1, 0.15) is 0 Å². The molecular weight excluding hydrogens is 216 g/mol. The number of likely N-dealkylation sites (tertiary alicyclic amines) is 1. The first-order chi connectivity index (χ1) is 8.25. The lowest BCUT2D eigenvalue weighted by atomic mass is 10.3. The van der Waals surface area contributed by atoms with Crippen molar-refractivity contribution in [1.29, 1.82) is 0 Å². The maximum absolute atomic E-state index is 10.4. The van der Waals surface area contributed by atoms with Crippen LogP contribution in [0.3, 0.4) is 0 Å². The summed E-state index contributed by atoms with van der Waals surface area (Å²) in [6.45, 7) is 4.59. The van der Waals surface area contributed by atoms with Crippen LogP contribution < -0.4 is 10.0 Å². The Kier molecular flexibility index (Phi) is 3.98. The number of carboxylic acid groups (broad SMARTS) is 1. The molecule has 4 heteroatoms. The summed E-state index contributed by atoms with van der Waals surface area (Å²) in [5, 5.41) is 10.4. The zero-order chi connectivity index (χ0) is 12.1. The van der Waals surface area contributed by atoms with Crippen LogP contribution in [0.25, 0.3) is 6.08 Å². The summed E-state index contributed by atoms with van der Waals surface area (Å²) in [5.41, 5.74) is 0.924. The van der Waals surface area contributed by atoms with E-state index in [2.05, 4.69) is 4.57 Å². The van der Waals surface area contributed by atoms with Crippen molar-refractivity contribution in [2.45, 2.75) is 19.4 Å². The average Bonchev–Trinajstić information content (AvgIpc) is 2.95. The number of carboxylic acids is 1. The molecule has 0 radical (unpaired) electrons. The van der Waals surface area contributed by atoms with Crippen molar-refractivity contribution in [3.63, 3.8) is 0 Å². The second kappa shape index (κ2) is 5.68. The number of hydrogen-bond donors (Lipinski definition) is 1. The molecule has 1 aromatic heterocycles. The molecule has 0 saturated carbocycles. The summed E-state index contributed by atoms with van der Waals surface area (Å²) in [6.07, 6.45) is 7.32. The molecule has 0 unspecified atom stereocenters. The summed E-state index contributed by atoms with van der Waals surface area (Å²) >= 11 is 0. The van der Waals surface area contributed by atoms with Crippen molar-refractivity contribution in [1.82, 2.24) is 4.57 Å². The Bertz CT molecular complexity index is 403. The molecule has 1 saturated heterocycles. The fourth-order valence-corrected chi connectivity index (χ4v) is 2.34. The minimum atomic E-state index is -1.15. The molecule has 0 aromatic carbocycles. The van der Waals surface area contributed by atoms with E-state index < -0.39 is 5.97 Å². The van der Waals surface area contributed by atoms with Crippen molar-refractivity contribution >= 4 is 12.0 Å². The summed E-state index contributed by atoms with van der Waals surface area (Å²) in [7, 11) is 0. The summed E-state index contributed by atoms with van der Waals surface area (Å²) in [6, 6.07) is 3.85. The van der Waals surface area contributed by atoms with E-state index in [0.717, 1.165) is 24.9 Å². The number of carbonyl (C=O) groups is 1. The molecule has 2 rings (SSSR count). The summed E-state index contributed by atoms with van der Waals surface area (Å²) < 4.78 is 2.09. The van der Waals surface area contributed by atoms with Crippen molar-refractivity contribution in [2.75, 3.05) is 19.6 Å². The maximum Gasteiger partial charge on any atom is 0.0953 e. The van der Waals surface area contributed by atoms with Crippen molar-refractivity contribution < 1.29 is 14.8 Å². The highest BCUT2D eigenvalue weighted by Gasteiger charge is 2.14. The zero-order valence-corrected chi connectivity index (χ0v) is 9.89. The van der Waals surface area contributed by atoms with Gasteiger partial charge in [0.25, 0.3) is 0 Å². The van der Waals surface area contributed by atoms with E-state index in [1.807, 2.05) is 18.3 Å². The number of aliphatic carboxylic acids is 1. The topological polar surface area (TPSA) is 49.5 Å². The Morgan fingerprint density at radius 2 is 2.24 bits per heavy atom. The predicted octanol–water partition coefficient (Wildman–Crippen LogP) is -1.07. The fourth-order valence-electron chi connectivity index (χ4n) is 2.34. The lowest BCUT2D eigenvalue weighted by Crippen LogP contribution is -3.10. The molecule has 17 heavy (non-hydrogen) atoms. The molecule has 1 fully saturated rings. The number of nitrogens with one attached hydrogen (secondary N) is 1. The van der Waals surface area contributed by atoms with Gasteiger partial charge in [0.15, 0.2) is 0 Å². The number of rotatable bonds is 5. The fraction of sp³-hybridized carbons (Fsp3) is 0.462. The molecule has 0 bridgehead atoms. The van der Waals surface area contributed by atoms with Gasteiger partial charge in [-0.15, -0.1) is 0 Å². The Balaban J connectivity index is 1.91. The molecular formula is C13H18N2O2. The molecule has 1 aliphatic rings. The average molecular weight is 234 g/mol. The second-order valence-corrected chi connectivity index (χ2v) is 4.49. The quantitative estimate of drug-likeness (QED) is 0.660. The Morgan fingerprint density at radius 1 is 1.47 bits per heavy atom. The Labute approximate surface area is 101 Å². The number of quaternary nitrogens is 1. The molecule has 4 nitrogen and oxygen atoms in total. The number of nitrogens with zero attached hydrogens (tertiary/aromatic N) is 1. The standard InChI is InChI=1S/C13H18N2O2/c16-13(17)6-5-12-4-3-9-15(12)11-10-14-7-1-2-8-14/h3-6,9H,1-2,7-8,10-11H2,(H,16,17)/b6-5+. The lowest BCUT2D eigenvalue weighted by Gasteiger charge is -2.13.